The molecule has 2 rings (SSSR count). The average Bonchev–Trinajstić information content (AvgIpc) is 2.30. The Kier molecular flexibility index (Phi) is 3.35. The zero-order valence-electron chi connectivity index (χ0n) is 9.48. The molecule has 1 aromatic rings. The van der Waals surface area contributed by atoms with Gasteiger partial charge in [0.05, 0.1) is 11.5 Å². The van der Waals surface area contributed by atoms with Gasteiger partial charge in [-0.3, -0.25) is 4.79 Å². The minimum absolute atomic E-state index is 0.167. The van der Waals surface area contributed by atoms with Crippen LogP contribution in [0.15, 0.2) is 17.1 Å². The van der Waals surface area contributed by atoms with Crippen LogP contribution in [0.25, 0.3) is 0 Å². The van der Waals surface area contributed by atoms with Gasteiger partial charge in [0.2, 0.25) is 0 Å². The molecule has 0 radical (unpaired) electrons. The number of aromatic nitrogens is 1. The molecule has 0 spiro atoms. The highest BCUT2D eigenvalue weighted by Crippen LogP contribution is 2.28. The summed E-state index contributed by atoms with van der Waals surface area (Å²) in [7, 11) is -2.84. The van der Waals surface area contributed by atoms with Crippen molar-refractivity contribution in [3.05, 3.63) is 33.7 Å². The lowest BCUT2D eigenvalue weighted by Crippen LogP contribution is -2.23. The third-order valence-corrected chi connectivity index (χ3v) is 4.96. The van der Waals surface area contributed by atoms with Crippen molar-refractivity contribution in [2.75, 3.05) is 11.5 Å². The van der Waals surface area contributed by atoms with Crippen molar-refractivity contribution in [1.82, 2.24) is 4.98 Å². The smallest absolute Gasteiger partial charge is 0.252 e. The van der Waals surface area contributed by atoms with E-state index in [1.807, 2.05) is 0 Å². The molecule has 94 valence electrons. The summed E-state index contributed by atoms with van der Waals surface area (Å²) in [6.07, 6.45) is 2.92. The summed E-state index contributed by atoms with van der Waals surface area (Å²) in [5, 5.41) is 0. The lowest BCUT2D eigenvalue weighted by Gasteiger charge is -2.22. The second-order valence-corrected chi connectivity index (χ2v) is 6.72. The van der Waals surface area contributed by atoms with Crippen molar-refractivity contribution < 1.29 is 8.42 Å². The monoisotopic (exact) mass is 256 g/mol. The van der Waals surface area contributed by atoms with Crippen LogP contribution in [-0.2, 0) is 16.4 Å². The topological polar surface area (TPSA) is 93.0 Å². The Morgan fingerprint density at radius 3 is 2.59 bits per heavy atom. The van der Waals surface area contributed by atoms with E-state index in [0.29, 0.717) is 18.4 Å². The van der Waals surface area contributed by atoms with E-state index < -0.39 is 9.84 Å². The van der Waals surface area contributed by atoms with E-state index in [9.17, 15) is 13.2 Å². The first-order valence-corrected chi connectivity index (χ1v) is 7.46. The molecule has 2 heterocycles. The summed E-state index contributed by atoms with van der Waals surface area (Å²) >= 11 is 0. The predicted molar refractivity (Wildman–Crippen MR) is 65.6 cm³/mol. The summed E-state index contributed by atoms with van der Waals surface area (Å²) in [5.74, 6) is 0.671. The van der Waals surface area contributed by atoms with E-state index in [4.69, 9.17) is 5.73 Å². The molecule has 0 aromatic carbocycles. The van der Waals surface area contributed by atoms with Crippen LogP contribution in [0.4, 0.5) is 0 Å². The fourth-order valence-electron chi connectivity index (χ4n) is 2.16. The molecule has 0 unspecified atom stereocenters. The van der Waals surface area contributed by atoms with Gasteiger partial charge in [0, 0.05) is 18.3 Å². The number of hydrogen-bond donors (Lipinski definition) is 2. The van der Waals surface area contributed by atoms with Crippen LogP contribution in [0.5, 0.6) is 0 Å². The lowest BCUT2D eigenvalue weighted by molar-refractivity contribution is 0.549. The number of pyridine rings is 1. The molecule has 0 aliphatic carbocycles. The zero-order chi connectivity index (χ0) is 12.5. The molecule has 1 aliphatic rings. The normalized spacial score (nSPS) is 20.3. The Bertz CT molecular complexity index is 548. The van der Waals surface area contributed by atoms with Crippen LogP contribution in [0.3, 0.4) is 0 Å². The molecule has 17 heavy (non-hydrogen) atoms. The number of rotatable bonds is 2. The van der Waals surface area contributed by atoms with E-state index in [0.717, 1.165) is 5.56 Å². The van der Waals surface area contributed by atoms with E-state index in [1.165, 1.54) is 0 Å². The molecule has 0 atom stereocenters. The van der Waals surface area contributed by atoms with Crippen molar-refractivity contribution >= 4 is 9.84 Å². The van der Waals surface area contributed by atoms with E-state index >= 15 is 0 Å². The van der Waals surface area contributed by atoms with Gasteiger partial charge in [0.25, 0.3) is 5.56 Å². The van der Waals surface area contributed by atoms with Gasteiger partial charge in [-0.1, -0.05) is 0 Å². The quantitative estimate of drug-likeness (QED) is 0.786. The SMILES string of the molecule is NCc1cc(C2CCS(=O)(=O)CC2)c[nH]c1=O. The molecule has 6 heteroatoms. The van der Waals surface area contributed by atoms with Crippen LogP contribution in [0.2, 0.25) is 0 Å². The summed E-state index contributed by atoms with van der Waals surface area (Å²) in [5.41, 5.74) is 6.85. The van der Waals surface area contributed by atoms with Crippen LogP contribution < -0.4 is 11.3 Å². The first kappa shape index (κ1) is 12.3. The molecule has 1 saturated heterocycles. The number of H-pyrrole nitrogens is 1. The van der Waals surface area contributed by atoms with Crippen LogP contribution in [-0.4, -0.2) is 24.9 Å². The molecule has 0 amide bonds. The van der Waals surface area contributed by atoms with Crippen LogP contribution >= 0.6 is 0 Å². The Labute approximate surface area is 100.0 Å². The predicted octanol–water partition coefficient (Wildman–Crippen LogP) is 0.126. The number of nitrogens with one attached hydrogen (secondary N) is 1. The second-order valence-electron chi connectivity index (χ2n) is 4.42. The number of hydrogen-bond acceptors (Lipinski definition) is 4. The van der Waals surface area contributed by atoms with Gasteiger partial charge >= 0.3 is 0 Å². The maximum atomic E-state index is 11.4. The van der Waals surface area contributed by atoms with Crippen molar-refractivity contribution in [3.8, 4) is 0 Å². The Hall–Kier alpha value is -1.14. The Morgan fingerprint density at radius 2 is 2.00 bits per heavy atom. The highest BCUT2D eigenvalue weighted by molar-refractivity contribution is 7.91. The number of sulfone groups is 1. The van der Waals surface area contributed by atoms with Gasteiger partial charge in [-0.2, -0.15) is 0 Å². The van der Waals surface area contributed by atoms with Crippen molar-refractivity contribution in [3.63, 3.8) is 0 Å². The molecule has 0 saturated carbocycles. The molecule has 1 fully saturated rings. The highest BCUT2D eigenvalue weighted by Gasteiger charge is 2.25. The van der Waals surface area contributed by atoms with Gasteiger partial charge < -0.3 is 10.7 Å². The molecule has 1 aliphatic heterocycles. The van der Waals surface area contributed by atoms with Gasteiger partial charge in [-0.15, -0.1) is 0 Å². The Balaban J connectivity index is 2.22. The van der Waals surface area contributed by atoms with Crippen molar-refractivity contribution in [2.24, 2.45) is 5.73 Å². The second kappa shape index (κ2) is 4.62. The third-order valence-electron chi connectivity index (χ3n) is 3.25. The van der Waals surface area contributed by atoms with E-state index in [1.54, 1.807) is 12.3 Å². The Morgan fingerprint density at radius 1 is 1.35 bits per heavy atom. The van der Waals surface area contributed by atoms with Crippen LogP contribution in [0.1, 0.15) is 29.9 Å². The fourth-order valence-corrected chi connectivity index (χ4v) is 3.65. The number of nitrogens with two attached hydrogens (primary N) is 1. The first-order valence-electron chi connectivity index (χ1n) is 5.64. The third kappa shape index (κ3) is 2.76. The van der Waals surface area contributed by atoms with Crippen molar-refractivity contribution in [2.45, 2.75) is 25.3 Å². The summed E-state index contributed by atoms with van der Waals surface area (Å²) in [6, 6.07) is 1.79. The van der Waals surface area contributed by atoms with E-state index in [-0.39, 0.29) is 29.5 Å². The molecule has 1 aromatic heterocycles. The highest BCUT2D eigenvalue weighted by atomic mass is 32.2. The van der Waals surface area contributed by atoms with Crippen LogP contribution in [0, 0.1) is 0 Å². The summed E-state index contributed by atoms with van der Waals surface area (Å²) in [6.45, 7) is 0.203. The maximum absolute atomic E-state index is 11.4. The standard InChI is InChI=1S/C11H16N2O3S/c12-6-9-5-10(7-13-11(9)14)8-1-3-17(15,16)4-2-8/h5,7-8H,1-4,6,12H2,(H,13,14). The van der Waals surface area contributed by atoms with Gasteiger partial charge in [0.1, 0.15) is 9.84 Å². The number of aromatic amines is 1. The van der Waals surface area contributed by atoms with Gasteiger partial charge in [-0.05, 0) is 30.4 Å². The van der Waals surface area contributed by atoms with Gasteiger partial charge in [0.15, 0.2) is 0 Å². The molecule has 0 bridgehead atoms. The largest absolute Gasteiger partial charge is 0.329 e. The van der Waals surface area contributed by atoms with E-state index in [2.05, 4.69) is 4.98 Å². The minimum Gasteiger partial charge on any atom is -0.329 e. The first-order chi connectivity index (χ1) is 8.02. The summed E-state index contributed by atoms with van der Waals surface area (Å²) < 4.78 is 22.7. The van der Waals surface area contributed by atoms with Crippen molar-refractivity contribution in [1.29, 1.82) is 0 Å². The lowest BCUT2D eigenvalue weighted by atomic mass is 9.94. The molecular formula is C11H16N2O3S. The molecule has 5 nitrogen and oxygen atoms in total. The maximum Gasteiger partial charge on any atom is 0.252 e. The summed E-state index contributed by atoms with van der Waals surface area (Å²) in [4.78, 5) is 14.0. The fraction of sp³-hybridized carbons (Fsp3) is 0.545. The molecule has 3 N–H and O–H groups in total. The minimum atomic E-state index is -2.84. The molecular weight excluding hydrogens is 240 g/mol. The average molecular weight is 256 g/mol. The zero-order valence-corrected chi connectivity index (χ0v) is 10.3. The van der Waals surface area contributed by atoms with Gasteiger partial charge in [-0.25, -0.2) is 8.42 Å².